The first-order valence-electron chi connectivity index (χ1n) is 6.11. The van der Waals surface area contributed by atoms with E-state index >= 15 is 0 Å². The summed E-state index contributed by atoms with van der Waals surface area (Å²) in [5.74, 6) is 0.956. The lowest BCUT2D eigenvalue weighted by atomic mass is 10.1. The first-order valence-corrected chi connectivity index (χ1v) is 6.99. The molecule has 1 aromatic carbocycles. The third-order valence-corrected chi connectivity index (χ3v) is 4.58. The Morgan fingerprint density at radius 1 is 1.11 bits per heavy atom. The first-order chi connectivity index (χ1) is 8.58. The molecule has 2 N–H and O–H groups in total. The molecule has 3 heteroatoms. The molecule has 18 heavy (non-hydrogen) atoms. The van der Waals surface area contributed by atoms with Gasteiger partial charge in [-0.1, -0.05) is 29.8 Å². The highest BCUT2D eigenvalue weighted by Crippen LogP contribution is 2.38. The lowest BCUT2D eigenvalue weighted by molar-refractivity contribution is 0.526. The predicted octanol–water partition coefficient (Wildman–Crippen LogP) is 4.08. The van der Waals surface area contributed by atoms with Crippen LogP contribution >= 0.6 is 11.8 Å². The third-order valence-electron chi connectivity index (χ3n) is 2.95. The maximum atomic E-state index is 6.12. The van der Waals surface area contributed by atoms with Crippen LogP contribution < -0.4 is 5.73 Å². The van der Waals surface area contributed by atoms with Crippen LogP contribution in [0.5, 0.6) is 0 Å². The Morgan fingerprint density at radius 3 is 2.28 bits per heavy atom. The van der Waals surface area contributed by atoms with Gasteiger partial charge in [0.25, 0.3) is 0 Å². The summed E-state index contributed by atoms with van der Waals surface area (Å²) in [7, 11) is 0. The number of rotatable bonds is 4. The molecule has 0 aliphatic rings. The molecule has 0 aliphatic carbocycles. The fourth-order valence-corrected chi connectivity index (χ4v) is 3.00. The minimum absolute atomic E-state index is 0.0898. The Morgan fingerprint density at radius 2 is 1.78 bits per heavy atom. The second kappa shape index (κ2) is 5.63. The zero-order valence-electron chi connectivity index (χ0n) is 11.0. The van der Waals surface area contributed by atoms with Crippen LogP contribution in [0.2, 0.25) is 0 Å². The Hall–Kier alpha value is -1.19. The van der Waals surface area contributed by atoms with Crippen LogP contribution in [0, 0.1) is 13.8 Å². The quantitative estimate of drug-likeness (QED) is 0.843. The molecular weight excluding hydrogens is 242 g/mol. The molecule has 2 rings (SSSR count). The van der Waals surface area contributed by atoms with Crippen molar-refractivity contribution in [3.63, 3.8) is 0 Å². The lowest BCUT2D eigenvalue weighted by Crippen LogP contribution is -2.22. The van der Waals surface area contributed by atoms with E-state index in [0.717, 1.165) is 10.7 Å². The molecule has 0 aliphatic heterocycles. The molecule has 1 heterocycles. The molecule has 0 amide bonds. The number of benzene rings is 1. The molecule has 1 aromatic heterocycles. The minimum atomic E-state index is 0.0898. The average molecular weight is 261 g/mol. The first kappa shape index (κ1) is 13.2. The normalized spacial score (nSPS) is 14.4. The zero-order chi connectivity index (χ0) is 13.1. The lowest BCUT2D eigenvalue weighted by Gasteiger charge is -2.20. The summed E-state index contributed by atoms with van der Waals surface area (Å²) in [5.41, 5.74) is 8.66. The van der Waals surface area contributed by atoms with Gasteiger partial charge in [0.2, 0.25) is 0 Å². The van der Waals surface area contributed by atoms with E-state index in [2.05, 4.69) is 31.2 Å². The highest BCUT2D eigenvalue weighted by atomic mass is 32.2. The van der Waals surface area contributed by atoms with Gasteiger partial charge in [-0.15, -0.1) is 11.8 Å². The summed E-state index contributed by atoms with van der Waals surface area (Å²) in [6, 6.07) is 10.7. The van der Waals surface area contributed by atoms with Gasteiger partial charge in [0.1, 0.15) is 5.76 Å². The van der Waals surface area contributed by atoms with Gasteiger partial charge in [-0.25, -0.2) is 0 Å². The van der Waals surface area contributed by atoms with Crippen molar-refractivity contribution in [2.24, 2.45) is 5.73 Å². The standard InChI is InChI=1S/C15H19NOS/c1-10-4-6-13(7-5-10)15(11(2)16)18-14-8-9-17-12(14)3/h4-9,11,15H,16H2,1-3H3. The van der Waals surface area contributed by atoms with Crippen LogP contribution in [-0.4, -0.2) is 6.04 Å². The van der Waals surface area contributed by atoms with E-state index in [1.54, 1.807) is 18.0 Å². The summed E-state index contributed by atoms with van der Waals surface area (Å²) in [6.07, 6.45) is 1.73. The molecule has 0 saturated heterocycles. The number of aryl methyl sites for hydroxylation is 2. The number of furan rings is 1. The fourth-order valence-electron chi connectivity index (χ4n) is 1.87. The van der Waals surface area contributed by atoms with E-state index < -0.39 is 0 Å². The van der Waals surface area contributed by atoms with Gasteiger partial charge < -0.3 is 10.2 Å². The maximum absolute atomic E-state index is 6.12. The third kappa shape index (κ3) is 2.98. The molecule has 2 unspecified atom stereocenters. The SMILES string of the molecule is Cc1ccc(C(Sc2ccoc2C)C(C)N)cc1. The van der Waals surface area contributed by atoms with Crippen molar-refractivity contribution in [3.05, 3.63) is 53.5 Å². The monoisotopic (exact) mass is 261 g/mol. The molecule has 2 nitrogen and oxygen atoms in total. The number of thioether (sulfide) groups is 1. The van der Waals surface area contributed by atoms with Crippen molar-refractivity contribution < 1.29 is 4.42 Å². The van der Waals surface area contributed by atoms with Crippen molar-refractivity contribution in [1.82, 2.24) is 0 Å². The van der Waals surface area contributed by atoms with Crippen molar-refractivity contribution in [3.8, 4) is 0 Å². The molecular formula is C15H19NOS. The largest absolute Gasteiger partial charge is 0.468 e. The second-order valence-electron chi connectivity index (χ2n) is 4.65. The van der Waals surface area contributed by atoms with Crippen LogP contribution in [0.4, 0.5) is 0 Å². The van der Waals surface area contributed by atoms with Crippen molar-refractivity contribution in [2.45, 2.75) is 37.0 Å². The van der Waals surface area contributed by atoms with E-state index in [9.17, 15) is 0 Å². The fraction of sp³-hybridized carbons (Fsp3) is 0.333. The Labute approximate surface area is 113 Å². The van der Waals surface area contributed by atoms with Crippen LogP contribution in [-0.2, 0) is 0 Å². The van der Waals surface area contributed by atoms with Crippen molar-refractivity contribution in [1.29, 1.82) is 0 Å². The van der Waals surface area contributed by atoms with Crippen LogP contribution in [0.3, 0.4) is 0 Å². The minimum Gasteiger partial charge on any atom is -0.468 e. The van der Waals surface area contributed by atoms with Gasteiger partial charge in [-0.05, 0) is 32.4 Å². The van der Waals surface area contributed by atoms with Crippen molar-refractivity contribution in [2.75, 3.05) is 0 Å². The summed E-state index contributed by atoms with van der Waals surface area (Å²) in [6.45, 7) is 6.13. The number of hydrogen-bond acceptors (Lipinski definition) is 3. The van der Waals surface area contributed by atoms with E-state index in [0.29, 0.717) is 0 Å². The van der Waals surface area contributed by atoms with E-state index in [4.69, 9.17) is 10.2 Å². The van der Waals surface area contributed by atoms with E-state index in [1.807, 2.05) is 19.9 Å². The number of hydrogen-bond donors (Lipinski definition) is 1. The molecule has 2 aromatic rings. The molecule has 0 fully saturated rings. The molecule has 0 radical (unpaired) electrons. The predicted molar refractivity (Wildman–Crippen MR) is 76.9 cm³/mol. The zero-order valence-corrected chi connectivity index (χ0v) is 11.8. The highest BCUT2D eigenvalue weighted by molar-refractivity contribution is 7.99. The molecule has 0 saturated carbocycles. The molecule has 2 atom stereocenters. The Bertz CT molecular complexity index is 501. The van der Waals surface area contributed by atoms with E-state index in [1.165, 1.54) is 11.1 Å². The highest BCUT2D eigenvalue weighted by Gasteiger charge is 2.19. The Kier molecular flexibility index (Phi) is 4.15. The second-order valence-corrected chi connectivity index (χ2v) is 5.83. The topological polar surface area (TPSA) is 39.2 Å². The summed E-state index contributed by atoms with van der Waals surface area (Å²) in [4.78, 5) is 1.16. The molecule has 0 bridgehead atoms. The van der Waals surface area contributed by atoms with Crippen LogP contribution in [0.1, 0.15) is 29.1 Å². The number of nitrogens with two attached hydrogens (primary N) is 1. The summed E-state index contributed by atoms with van der Waals surface area (Å²) < 4.78 is 5.34. The van der Waals surface area contributed by atoms with E-state index in [-0.39, 0.29) is 11.3 Å². The van der Waals surface area contributed by atoms with Gasteiger partial charge in [0.15, 0.2) is 0 Å². The Balaban J connectivity index is 2.24. The van der Waals surface area contributed by atoms with Crippen LogP contribution in [0.15, 0.2) is 45.9 Å². The van der Waals surface area contributed by atoms with Gasteiger partial charge >= 0.3 is 0 Å². The van der Waals surface area contributed by atoms with Crippen molar-refractivity contribution >= 4 is 11.8 Å². The van der Waals surface area contributed by atoms with Gasteiger partial charge in [-0.3, -0.25) is 0 Å². The summed E-state index contributed by atoms with van der Waals surface area (Å²) in [5, 5.41) is 0.252. The van der Waals surface area contributed by atoms with Gasteiger partial charge in [0, 0.05) is 16.2 Å². The van der Waals surface area contributed by atoms with Gasteiger partial charge in [0.05, 0.1) is 6.26 Å². The summed E-state index contributed by atoms with van der Waals surface area (Å²) >= 11 is 1.77. The van der Waals surface area contributed by atoms with Crippen LogP contribution in [0.25, 0.3) is 0 Å². The molecule has 96 valence electrons. The van der Waals surface area contributed by atoms with Gasteiger partial charge in [-0.2, -0.15) is 0 Å². The maximum Gasteiger partial charge on any atom is 0.114 e. The average Bonchev–Trinajstić information content (AvgIpc) is 2.73. The molecule has 0 spiro atoms. The smallest absolute Gasteiger partial charge is 0.114 e.